The van der Waals surface area contributed by atoms with Crippen LogP contribution < -0.4 is 10.8 Å². The Bertz CT molecular complexity index is 579. The van der Waals surface area contributed by atoms with Gasteiger partial charge in [0.1, 0.15) is 0 Å². The normalized spacial score (nSPS) is 25.4. The van der Waals surface area contributed by atoms with Crippen LogP contribution in [0.5, 0.6) is 0 Å². The van der Waals surface area contributed by atoms with Gasteiger partial charge < -0.3 is 24.6 Å². The van der Waals surface area contributed by atoms with E-state index in [1.165, 1.54) is 12.8 Å². The molecule has 0 saturated carbocycles. The van der Waals surface area contributed by atoms with Crippen molar-refractivity contribution in [2.75, 3.05) is 38.1 Å². The first kappa shape index (κ1) is 19.5. The van der Waals surface area contributed by atoms with Crippen LogP contribution in [-0.4, -0.2) is 71.1 Å². The maximum absolute atomic E-state index is 9.10. The summed E-state index contributed by atoms with van der Waals surface area (Å²) in [5, 5.41) is 12.4. The lowest BCUT2D eigenvalue weighted by Gasteiger charge is -2.32. The van der Waals surface area contributed by atoms with Crippen molar-refractivity contribution < 1.29 is 14.4 Å². The third-order valence-electron chi connectivity index (χ3n) is 5.77. The highest BCUT2D eigenvalue weighted by molar-refractivity contribution is 6.61. The van der Waals surface area contributed by atoms with E-state index >= 15 is 0 Å². The molecule has 2 fully saturated rings. The first-order chi connectivity index (χ1) is 12.3. The third-order valence-corrected chi connectivity index (χ3v) is 5.77. The number of nitrogens with one attached hydrogen (secondary N) is 1. The molecule has 7 nitrogen and oxygen atoms in total. The summed E-state index contributed by atoms with van der Waals surface area (Å²) in [4.78, 5) is 11.2. The standard InChI is InChI=1S/C18H31BN4O3/c1-17(2)18(3,4)26-19(25-17)15-11-21-16(22-12-15)20-10-14-6-5-7-23(13-14)8-9-24/h11-12,14,24H,5-10,13H2,1-4H3,(H,20,21,22). The number of aliphatic hydroxyl groups is 1. The van der Waals surface area contributed by atoms with Crippen molar-refractivity contribution in [2.45, 2.75) is 51.7 Å². The average Bonchev–Trinajstić information content (AvgIpc) is 2.82. The molecule has 8 heteroatoms. The summed E-state index contributed by atoms with van der Waals surface area (Å²) in [5.41, 5.74) is 0.104. The van der Waals surface area contributed by atoms with Crippen LogP contribution >= 0.6 is 0 Å². The predicted octanol–water partition coefficient (Wildman–Crippen LogP) is 0.892. The van der Waals surface area contributed by atoms with Gasteiger partial charge in [0.2, 0.25) is 5.95 Å². The van der Waals surface area contributed by atoms with Crippen LogP contribution in [-0.2, 0) is 9.31 Å². The fourth-order valence-corrected chi connectivity index (χ4v) is 3.43. The monoisotopic (exact) mass is 362 g/mol. The molecule has 0 bridgehead atoms. The maximum atomic E-state index is 9.10. The number of aromatic nitrogens is 2. The zero-order chi connectivity index (χ0) is 18.8. The molecule has 144 valence electrons. The Labute approximate surface area is 156 Å². The lowest BCUT2D eigenvalue weighted by atomic mass is 9.81. The number of hydrogen-bond donors (Lipinski definition) is 2. The second-order valence-electron chi connectivity index (χ2n) is 8.34. The van der Waals surface area contributed by atoms with E-state index in [1.807, 2.05) is 27.7 Å². The van der Waals surface area contributed by atoms with Gasteiger partial charge in [-0.1, -0.05) is 0 Å². The van der Waals surface area contributed by atoms with Gasteiger partial charge in [0.15, 0.2) is 0 Å². The number of hydrogen-bond acceptors (Lipinski definition) is 7. The van der Waals surface area contributed by atoms with E-state index in [0.29, 0.717) is 11.9 Å². The molecule has 1 unspecified atom stereocenters. The Morgan fingerprint density at radius 2 is 1.88 bits per heavy atom. The van der Waals surface area contributed by atoms with Gasteiger partial charge in [-0.25, -0.2) is 9.97 Å². The van der Waals surface area contributed by atoms with Crippen LogP contribution in [0.3, 0.4) is 0 Å². The number of piperidine rings is 1. The minimum Gasteiger partial charge on any atom is -0.399 e. The minimum absolute atomic E-state index is 0.226. The van der Waals surface area contributed by atoms with Gasteiger partial charge in [0.05, 0.1) is 17.8 Å². The summed E-state index contributed by atoms with van der Waals surface area (Å²) in [6.07, 6.45) is 5.92. The number of likely N-dealkylation sites (tertiary alicyclic amines) is 1. The van der Waals surface area contributed by atoms with Crippen molar-refractivity contribution in [3.05, 3.63) is 12.4 Å². The third kappa shape index (κ3) is 4.36. The molecular weight excluding hydrogens is 331 g/mol. The number of nitrogens with zero attached hydrogens (tertiary/aromatic N) is 3. The van der Waals surface area contributed by atoms with E-state index in [2.05, 4.69) is 20.2 Å². The van der Waals surface area contributed by atoms with E-state index in [1.54, 1.807) is 12.4 Å². The molecule has 26 heavy (non-hydrogen) atoms. The van der Waals surface area contributed by atoms with Crippen molar-refractivity contribution in [1.29, 1.82) is 0 Å². The molecule has 0 amide bonds. The molecule has 1 aromatic heterocycles. The molecule has 0 radical (unpaired) electrons. The highest BCUT2D eigenvalue weighted by Gasteiger charge is 2.51. The minimum atomic E-state index is -0.431. The lowest BCUT2D eigenvalue weighted by molar-refractivity contribution is 0.00578. The summed E-state index contributed by atoms with van der Waals surface area (Å²) in [6.45, 7) is 12.1. The average molecular weight is 362 g/mol. The van der Waals surface area contributed by atoms with E-state index < -0.39 is 7.12 Å². The number of anilines is 1. The maximum Gasteiger partial charge on any atom is 0.498 e. The van der Waals surface area contributed by atoms with Crippen LogP contribution in [0.25, 0.3) is 0 Å². The summed E-state index contributed by atoms with van der Waals surface area (Å²) >= 11 is 0. The van der Waals surface area contributed by atoms with Crippen molar-refractivity contribution in [1.82, 2.24) is 14.9 Å². The van der Waals surface area contributed by atoms with Gasteiger partial charge in [-0.05, 0) is 53.0 Å². The molecule has 3 rings (SSSR count). The Balaban J connectivity index is 1.52. The first-order valence-corrected chi connectivity index (χ1v) is 9.55. The highest BCUT2D eigenvalue weighted by Crippen LogP contribution is 2.36. The highest BCUT2D eigenvalue weighted by atomic mass is 16.7. The second-order valence-corrected chi connectivity index (χ2v) is 8.34. The Morgan fingerprint density at radius 1 is 1.23 bits per heavy atom. The summed E-state index contributed by atoms with van der Waals surface area (Å²) in [5.74, 6) is 1.19. The topological polar surface area (TPSA) is 79.7 Å². The quantitative estimate of drug-likeness (QED) is 0.728. The zero-order valence-corrected chi connectivity index (χ0v) is 16.4. The van der Waals surface area contributed by atoms with Crippen molar-refractivity contribution in [3.63, 3.8) is 0 Å². The molecule has 0 spiro atoms. The molecule has 2 N–H and O–H groups in total. The first-order valence-electron chi connectivity index (χ1n) is 9.55. The molecule has 2 aliphatic rings. The van der Waals surface area contributed by atoms with Crippen LogP contribution in [0.15, 0.2) is 12.4 Å². The molecular formula is C18H31BN4O3. The van der Waals surface area contributed by atoms with E-state index in [-0.39, 0.29) is 17.8 Å². The summed E-state index contributed by atoms with van der Waals surface area (Å²) < 4.78 is 12.1. The molecule has 0 aliphatic carbocycles. The van der Waals surface area contributed by atoms with Gasteiger partial charge in [0, 0.05) is 37.5 Å². The van der Waals surface area contributed by atoms with Crippen LogP contribution in [0, 0.1) is 5.92 Å². The molecule has 2 saturated heterocycles. The van der Waals surface area contributed by atoms with Gasteiger partial charge >= 0.3 is 7.12 Å². The van der Waals surface area contributed by atoms with E-state index in [4.69, 9.17) is 14.4 Å². The molecule has 2 aliphatic heterocycles. The Kier molecular flexibility index (Phi) is 5.86. The number of rotatable bonds is 6. The lowest BCUT2D eigenvalue weighted by Crippen LogP contribution is -2.41. The zero-order valence-electron chi connectivity index (χ0n) is 16.4. The fourth-order valence-electron chi connectivity index (χ4n) is 3.43. The largest absolute Gasteiger partial charge is 0.498 e. The van der Waals surface area contributed by atoms with Crippen LogP contribution in [0.1, 0.15) is 40.5 Å². The van der Waals surface area contributed by atoms with E-state index in [9.17, 15) is 0 Å². The summed E-state index contributed by atoms with van der Waals surface area (Å²) in [6, 6.07) is 0. The van der Waals surface area contributed by atoms with Gasteiger partial charge in [0.25, 0.3) is 0 Å². The second kappa shape index (κ2) is 7.80. The SMILES string of the molecule is CC1(C)OB(c2cnc(NCC3CCCN(CCO)C3)nc2)OC1(C)C. The number of aliphatic hydroxyl groups excluding tert-OH is 1. The number of β-amino-alcohol motifs (C(OH)–C–C–N with tert-alkyl or cyclic N) is 1. The van der Waals surface area contributed by atoms with Gasteiger partial charge in [-0.15, -0.1) is 0 Å². The molecule has 0 aromatic carbocycles. The fraction of sp³-hybridized carbons (Fsp3) is 0.778. The van der Waals surface area contributed by atoms with Crippen molar-refractivity contribution >= 4 is 18.5 Å². The van der Waals surface area contributed by atoms with Crippen molar-refractivity contribution in [3.8, 4) is 0 Å². The van der Waals surface area contributed by atoms with Crippen LogP contribution in [0.2, 0.25) is 0 Å². The van der Waals surface area contributed by atoms with Crippen LogP contribution in [0.4, 0.5) is 5.95 Å². The predicted molar refractivity (Wildman–Crippen MR) is 102 cm³/mol. The Hall–Kier alpha value is -1.22. The van der Waals surface area contributed by atoms with Gasteiger partial charge in [-0.3, -0.25) is 0 Å². The van der Waals surface area contributed by atoms with Gasteiger partial charge in [-0.2, -0.15) is 0 Å². The molecule has 1 aromatic rings. The van der Waals surface area contributed by atoms with E-state index in [0.717, 1.165) is 31.6 Å². The molecule has 1 atom stereocenters. The molecule has 3 heterocycles. The van der Waals surface area contributed by atoms with Crippen molar-refractivity contribution in [2.24, 2.45) is 5.92 Å². The Morgan fingerprint density at radius 3 is 2.50 bits per heavy atom. The summed E-state index contributed by atoms with van der Waals surface area (Å²) in [7, 11) is -0.431. The smallest absolute Gasteiger partial charge is 0.399 e.